The maximum atomic E-state index is 6.25. The summed E-state index contributed by atoms with van der Waals surface area (Å²) in [6.07, 6.45) is 8.39. The van der Waals surface area contributed by atoms with Gasteiger partial charge in [-0.15, -0.1) is 0 Å². The molecule has 4 heteroatoms. The highest BCUT2D eigenvalue weighted by Crippen LogP contribution is 2.37. The van der Waals surface area contributed by atoms with Crippen LogP contribution in [0.5, 0.6) is 0 Å². The van der Waals surface area contributed by atoms with Crippen LogP contribution in [0.4, 0.5) is 0 Å². The molecule has 106 valence electrons. The molecular weight excluding hydrogens is 324 g/mol. The molecule has 0 spiro atoms. The first kappa shape index (κ1) is 15.2. The van der Waals surface area contributed by atoms with Crippen LogP contribution in [-0.4, -0.2) is 9.97 Å². The van der Waals surface area contributed by atoms with E-state index in [1.165, 1.54) is 32.1 Å². The van der Waals surface area contributed by atoms with Gasteiger partial charge in [0.05, 0.1) is 10.2 Å². The van der Waals surface area contributed by atoms with Crippen molar-refractivity contribution in [3.63, 3.8) is 0 Å². The first-order valence-corrected chi connectivity index (χ1v) is 8.54. The van der Waals surface area contributed by atoms with Crippen LogP contribution < -0.4 is 0 Å². The maximum absolute atomic E-state index is 6.25. The molecule has 1 saturated carbocycles. The van der Waals surface area contributed by atoms with Gasteiger partial charge in [-0.1, -0.05) is 51.1 Å². The van der Waals surface area contributed by atoms with Gasteiger partial charge in [0.1, 0.15) is 11.0 Å². The molecular formula is C15H22BrClN2. The third-order valence-corrected chi connectivity index (χ3v) is 5.44. The van der Waals surface area contributed by atoms with Gasteiger partial charge in [0, 0.05) is 5.92 Å². The fourth-order valence-corrected chi connectivity index (χ4v) is 3.53. The standard InChI is InChI=1S/C15H22BrClN2/c1-3-6-12-13(16)14(17)19-15(18-12)11-8-5-7-10(4-2)9-11/h10-11H,3-9H2,1-2H3. The third kappa shape index (κ3) is 3.69. The highest BCUT2D eigenvalue weighted by atomic mass is 79.9. The van der Waals surface area contributed by atoms with Crippen LogP contribution in [-0.2, 0) is 6.42 Å². The van der Waals surface area contributed by atoms with Gasteiger partial charge in [-0.05, 0) is 41.1 Å². The fourth-order valence-electron chi connectivity index (χ4n) is 2.96. The monoisotopic (exact) mass is 344 g/mol. The number of aryl methyl sites for hydroxylation is 1. The van der Waals surface area contributed by atoms with Crippen LogP contribution in [0.15, 0.2) is 4.47 Å². The summed E-state index contributed by atoms with van der Waals surface area (Å²) in [5.74, 6) is 2.30. The third-order valence-electron chi connectivity index (χ3n) is 4.11. The summed E-state index contributed by atoms with van der Waals surface area (Å²) in [6, 6.07) is 0. The number of aromatic nitrogens is 2. The van der Waals surface area contributed by atoms with E-state index in [1.54, 1.807) is 0 Å². The summed E-state index contributed by atoms with van der Waals surface area (Å²) in [5, 5.41) is 0.576. The number of nitrogens with zero attached hydrogens (tertiary/aromatic N) is 2. The van der Waals surface area contributed by atoms with Crippen LogP contribution in [0.1, 0.15) is 69.8 Å². The molecule has 19 heavy (non-hydrogen) atoms. The molecule has 1 aliphatic rings. The fraction of sp³-hybridized carbons (Fsp3) is 0.733. The lowest BCUT2D eigenvalue weighted by molar-refractivity contribution is 0.307. The summed E-state index contributed by atoms with van der Waals surface area (Å²) < 4.78 is 0.877. The Balaban J connectivity index is 2.24. The van der Waals surface area contributed by atoms with Crippen molar-refractivity contribution in [2.45, 2.75) is 64.7 Å². The van der Waals surface area contributed by atoms with Crippen LogP contribution in [0.2, 0.25) is 5.15 Å². The first-order chi connectivity index (χ1) is 9.15. The molecule has 1 aromatic heterocycles. The molecule has 1 fully saturated rings. The lowest BCUT2D eigenvalue weighted by atomic mass is 9.80. The second kappa shape index (κ2) is 7.03. The quantitative estimate of drug-likeness (QED) is 0.671. The van der Waals surface area contributed by atoms with Gasteiger partial charge in [-0.3, -0.25) is 0 Å². The average molecular weight is 346 g/mol. The molecule has 2 rings (SSSR count). The van der Waals surface area contributed by atoms with Crippen LogP contribution in [0.3, 0.4) is 0 Å². The molecule has 1 aliphatic carbocycles. The predicted octanol–water partition coefficient (Wildman–Crippen LogP) is 5.53. The Bertz CT molecular complexity index is 436. The molecule has 1 heterocycles. The van der Waals surface area contributed by atoms with Gasteiger partial charge in [-0.2, -0.15) is 0 Å². The van der Waals surface area contributed by atoms with E-state index in [1.807, 2.05) is 0 Å². The van der Waals surface area contributed by atoms with Crippen molar-refractivity contribution < 1.29 is 0 Å². The molecule has 0 radical (unpaired) electrons. The molecule has 0 aromatic carbocycles. The second-order valence-electron chi connectivity index (χ2n) is 5.52. The second-order valence-corrected chi connectivity index (χ2v) is 6.67. The lowest BCUT2D eigenvalue weighted by Crippen LogP contribution is -2.16. The molecule has 0 aliphatic heterocycles. The van der Waals surface area contributed by atoms with Crippen molar-refractivity contribution in [1.29, 1.82) is 0 Å². The molecule has 0 amide bonds. The van der Waals surface area contributed by atoms with Crippen molar-refractivity contribution >= 4 is 27.5 Å². The Morgan fingerprint density at radius 2 is 2.05 bits per heavy atom. The highest BCUT2D eigenvalue weighted by Gasteiger charge is 2.25. The van der Waals surface area contributed by atoms with Gasteiger partial charge in [-0.25, -0.2) is 9.97 Å². The topological polar surface area (TPSA) is 25.8 Å². The number of halogens is 2. The van der Waals surface area contributed by atoms with Crippen LogP contribution in [0.25, 0.3) is 0 Å². The minimum absolute atomic E-state index is 0.500. The van der Waals surface area contributed by atoms with E-state index < -0.39 is 0 Å². The summed E-state index contributed by atoms with van der Waals surface area (Å²) in [7, 11) is 0. The molecule has 0 saturated heterocycles. The normalized spacial score (nSPS) is 23.6. The summed E-state index contributed by atoms with van der Waals surface area (Å²) in [5.41, 5.74) is 1.07. The van der Waals surface area contributed by atoms with E-state index >= 15 is 0 Å². The first-order valence-electron chi connectivity index (χ1n) is 7.37. The van der Waals surface area contributed by atoms with E-state index in [9.17, 15) is 0 Å². The molecule has 1 aromatic rings. The van der Waals surface area contributed by atoms with Crippen LogP contribution >= 0.6 is 27.5 Å². The lowest BCUT2D eigenvalue weighted by Gasteiger charge is -2.27. The van der Waals surface area contributed by atoms with Gasteiger partial charge in [0.15, 0.2) is 0 Å². The van der Waals surface area contributed by atoms with Crippen molar-refractivity contribution in [1.82, 2.24) is 9.97 Å². The average Bonchev–Trinajstić information content (AvgIpc) is 2.44. The maximum Gasteiger partial charge on any atom is 0.147 e. The van der Waals surface area contributed by atoms with Crippen LogP contribution in [0, 0.1) is 5.92 Å². The van der Waals surface area contributed by atoms with E-state index in [4.69, 9.17) is 16.6 Å². The van der Waals surface area contributed by atoms with Crippen molar-refractivity contribution in [2.75, 3.05) is 0 Å². The number of hydrogen-bond donors (Lipinski definition) is 0. The predicted molar refractivity (Wildman–Crippen MR) is 83.7 cm³/mol. The Hall–Kier alpha value is -0.150. The molecule has 2 atom stereocenters. The number of rotatable bonds is 4. The Morgan fingerprint density at radius 1 is 1.26 bits per heavy atom. The summed E-state index contributed by atoms with van der Waals surface area (Å²) in [4.78, 5) is 9.29. The largest absolute Gasteiger partial charge is 0.236 e. The molecule has 0 N–H and O–H groups in total. The van der Waals surface area contributed by atoms with Gasteiger partial charge in [0.25, 0.3) is 0 Å². The Morgan fingerprint density at radius 3 is 2.74 bits per heavy atom. The molecule has 0 bridgehead atoms. The van der Waals surface area contributed by atoms with Gasteiger partial charge < -0.3 is 0 Å². The Kier molecular flexibility index (Phi) is 5.64. The van der Waals surface area contributed by atoms with E-state index in [-0.39, 0.29) is 0 Å². The van der Waals surface area contributed by atoms with Gasteiger partial charge >= 0.3 is 0 Å². The highest BCUT2D eigenvalue weighted by molar-refractivity contribution is 9.10. The van der Waals surface area contributed by atoms with Gasteiger partial charge in [0.2, 0.25) is 0 Å². The van der Waals surface area contributed by atoms with E-state index in [0.29, 0.717) is 11.1 Å². The molecule has 2 unspecified atom stereocenters. The Labute approximate surface area is 129 Å². The SMILES string of the molecule is CCCc1nc(C2CCCC(CC)C2)nc(Cl)c1Br. The minimum atomic E-state index is 0.500. The smallest absolute Gasteiger partial charge is 0.147 e. The van der Waals surface area contributed by atoms with Crippen molar-refractivity contribution in [3.05, 3.63) is 21.1 Å². The summed E-state index contributed by atoms with van der Waals surface area (Å²) in [6.45, 7) is 4.45. The van der Waals surface area contributed by atoms with Crippen molar-refractivity contribution in [2.24, 2.45) is 5.92 Å². The van der Waals surface area contributed by atoms with E-state index in [2.05, 4.69) is 34.8 Å². The summed E-state index contributed by atoms with van der Waals surface area (Å²) >= 11 is 9.75. The number of hydrogen-bond acceptors (Lipinski definition) is 2. The van der Waals surface area contributed by atoms with Crippen molar-refractivity contribution in [3.8, 4) is 0 Å². The minimum Gasteiger partial charge on any atom is -0.236 e. The zero-order valence-corrected chi connectivity index (χ0v) is 14.1. The van der Waals surface area contributed by atoms with E-state index in [0.717, 1.165) is 34.8 Å². The molecule has 2 nitrogen and oxygen atoms in total. The zero-order valence-electron chi connectivity index (χ0n) is 11.8. The zero-order chi connectivity index (χ0) is 13.8.